The van der Waals surface area contributed by atoms with Gasteiger partial charge in [-0.1, -0.05) is 65.8 Å². The number of nitrogens with one attached hydrogen (secondary N) is 2. The quantitative estimate of drug-likeness (QED) is 0.491. The van der Waals surface area contributed by atoms with Crippen molar-refractivity contribution in [2.24, 2.45) is 0 Å². The molecule has 0 heterocycles. The Balaban J connectivity index is 0.000000371. The third-order valence-corrected chi connectivity index (χ3v) is 5.65. The van der Waals surface area contributed by atoms with E-state index in [0.717, 1.165) is 11.1 Å². The zero-order chi connectivity index (χ0) is 28.6. The Kier molecular flexibility index (Phi) is 11.0. The van der Waals surface area contributed by atoms with Gasteiger partial charge in [0.05, 0.1) is 7.11 Å². The minimum atomic E-state index is -1.05. The Hall–Kier alpha value is -3.68. The number of rotatable bonds is 6. The van der Waals surface area contributed by atoms with Crippen molar-refractivity contribution < 1.29 is 29.0 Å². The minimum Gasteiger partial charge on any atom is -0.480 e. The second kappa shape index (κ2) is 13.0. The zero-order valence-corrected chi connectivity index (χ0v) is 23.3. The Morgan fingerprint density at radius 1 is 0.676 bits per heavy atom. The highest BCUT2D eigenvalue weighted by Gasteiger charge is 2.19. The molecule has 0 saturated carbocycles. The van der Waals surface area contributed by atoms with Crippen LogP contribution in [0.25, 0.3) is 0 Å². The zero-order valence-electron chi connectivity index (χ0n) is 23.3. The number of ether oxygens (including phenoxy) is 1. The van der Waals surface area contributed by atoms with Crippen molar-refractivity contribution >= 4 is 23.8 Å². The SMILES string of the molecule is CC(NC(=O)c1ccc(C(C)(C)C)cc1)C(=O)O.COC(=O)C(C)NC(=O)c1ccc(C(C)(C)C)cc1. The second-order valence-electron chi connectivity index (χ2n) is 10.9. The number of esters is 1. The number of methoxy groups -OCH3 is 1. The molecule has 0 fully saturated rings. The first-order valence-electron chi connectivity index (χ1n) is 12.1. The first-order valence-corrected chi connectivity index (χ1v) is 12.1. The van der Waals surface area contributed by atoms with Crippen LogP contribution in [0.5, 0.6) is 0 Å². The van der Waals surface area contributed by atoms with E-state index in [-0.39, 0.29) is 22.6 Å². The van der Waals surface area contributed by atoms with Crippen LogP contribution >= 0.6 is 0 Å². The molecule has 37 heavy (non-hydrogen) atoms. The van der Waals surface area contributed by atoms with E-state index in [2.05, 4.69) is 56.9 Å². The molecule has 0 aliphatic rings. The van der Waals surface area contributed by atoms with Crippen molar-refractivity contribution in [2.75, 3.05) is 7.11 Å². The molecule has 0 bridgehead atoms. The van der Waals surface area contributed by atoms with E-state index in [0.29, 0.717) is 11.1 Å². The van der Waals surface area contributed by atoms with E-state index < -0.39 is 24.0 Å². The molecule has 2 atom stereocenters. The molecule has 0 aliphatic heterocycles. The van der Waals surface area contributed by atoms with Crippen LogP contribution in [0.2, 0.25) is 0 Å². The van der Waals surface area contributed by atoms with Crippen molar-refractivity contribution in [1.82, 2.24) is 10.6 Å². The van der Waals surface area contributed by atoms with Crippen LogP contribution in [-0.2, 0) is 25.2 Å². The van der Waals surface area contributed by atoms with Crippen LogP contribution in [0.4, 0.5) is 0 Å². The fourth-order valence-corrected chi connectivity index (χ4v) is 3.10. The fourth-order valence-electron chi connectivity index (χ4n) is 3.10. The van der Waals surface area contributed by atoms with Gasteiger partial charge in [0.15, 0.2) is 0 Å². The van der Waals surface area contributed by atoms with E-state index >= 15 is 0 Å². The molecule has 0 aliphatic carbocycles. The summed E-state index contributed by atoms with van der Waals surface area (Å²) in [6.45, 7) is 15.6. The van der Waals surface area contributed by atoms with Gasteiger partial charge in [-0.25, -0.2) is 4.79 Å². The van der Waals surface area contributed by atoms with Gasteiger partial charge in [-0.2, -0.15) is 0 Å². The van der Waals surface area contributed by atoms with Gasteiger partial charge in [-0.15, -0.1) is 0 Å². The van der Waals surface area contributed by atoms with E-state index in [1.165, 1.54) is 14.0 Å². The van der Waals surface area contributed by atoms with E-state index in [4.69, 9.17) is 5.11 Å². The molecule has 0 saturated heterocycles. The number of aliphatic carboxylic acids is 1. The van der Waals surface area contributed by atoms with Gasteiger partial charge in [-0.05, 0) is 60.1 Å². The molecule has 3 N–H and O–H groups in total. The van der Waals surface area contributed by atoms with Crippen LogP contribution in [0.1, 0.15) is 87.2 Å². The van der Waals surface area contributed by atoms with E-state index in [1.54, 1.807) is 31.2 Å². The lowest BCUT2D eigenvalue weighted by atomic mass is 9.86. The summed E-state index contributed by atoms with van der Waals surface area (Å²) in [5.74, 6) is -2.15. The maximum Gasteiger partial charge on any atom is 0.328 e. The number of carbonyl (C=O) groups excluding carboxylic acids is 3. The van der Waals surface area contributed by atoms with Crippen LogP contribution in [0.15, 0.2) is 48.5 Å². The molecule has 0 radical (unpaired) electrons. The first kappa shape index (κ1) is 31.4. The molecule has 2 amide bonds. The van der Waals surface area contributed by atoms with Crippen LogP contribution in [-0.4, -0.2) is 48.1 Å². The highest BCUT2D eigenvalue weighted by atomic mass is 16.5. The van der Waals surface area contributed by atoms with E-state index in [9.17, 15) is 19.2 Å². The van der Waals surface area contributed by atoms with Crippen molar-refractivity contribution in [3.8, 4) is 0 Å². The van der Waals surface area contributed by atoms with Crippen molar-refractivity contribution in [3.05, 3.63) is 70.8 Å². The Bertz CT molecular complexity index is 1080. The predicted molar refractivity (Wildman–Crippen MR) is 144 cm³/mol. The van der Waals surface area contributed by atoms with Gasteiger partial charge >= 0.3 is 11.9 Å². The fraction of sp³-hybridized carbons (Fsp3) is 0.448. The third kappa shape index (κ3) is 10.1. The third-order valence-electron chi connectivity index (χ3n) is 5.65. The van der Waals surface area contributed by atoms with Crippen LogP contribution < -0.4 is 10.6 Å². The second-order valence-corrected chi connectivity index (χ2v) is 10.9. The molecule has 2 aromatic rings. The topological polar surface area (TPSA) is 122 Å². The summed E-state index contributed by atoms with van der Waals surface area (Å²) in [5, 5.41) is 13.7. The van der Waals surface area contributed by atoms with E-state index in [1.807, 2.05) is 24.3 Å². The van der Waals surface area contributed by atoms with Gasteiger partial charge in [0.25, 0.3) is 11.8 Å². The lowest BCUT2D eigenvalue weighted by molar-refractivity contribution is -0.142. The monoisotopic (exact) mass is 512 g/mol. The van der Waals surface area contributed by atoms with Gasteiger partial charge in [0.1, 0.15) is 12.1 Å². The average Bonchev–Trinajstić information content (AvgIpc) is 2.82. The number of carbonyl (C=O) groups is 4. The molecule has 2 rings (SSSR count). The largest absolute Gasteiger partial charge is 0.480 e. The van der Waals surface area contributed by atoms with Gasteiger partial charge < -0.3 is 20.5 Å². The number of benzene rings is 2. The van der Waals surface area contributed by atoms with Gasteiger partial charge in [-0.3, -0.25) is 14.4 Å². The molecule has 202 valence electrons. The summed E-state index contributed by atoms with van der Waals surface area (Å²) in [6, 6.07) is 13.0. The highest BCUT2D eigenvalue weighted by molar-refractivity contribution is 5.97. The Labute approximate surface area is 219 Å². The number of hydrogen-bond acceptors (Lipinski definition) is 5. The summed E-state index contributed by atoms with van der Waals surface area (Å²) in [7, 11) is 1.29. The molecule has 2 unspecified atom stereocenters. The minimum absolute atomic E-state index is 0.0311. The number of carboxylic acid groups (broad SMARTS) is 1. The maximum absolute atomic E-state index is 11.9. The molecular formula is C29H40N2O6. The summed E-state index contributed by atoms with van der Waals surface area (Å²) in [6.07, 6.45) is 0. The standard InChI is InChI=1S/C15H21NO3.C14H19NO3/c1-10(14(18)19-5)16-13(17)11-6-8-12(9-7-11)15(2,3)4;1-9(13(17)18)15-12(16)10-5-7-11(8-6-10)14(2,3)4/h6-10H,1-5H3,(H,16,17);5-9H,1-4H3,(H,15,16)(H,17,18). The lowest BCUT2D eigenvalue weighted by Crippen LogP contribution is -2.39. The summed E-state index contributed by atoms with van der Waals surface area (Å²) in [4.78, 5) is 45.5. The molecule has 0 aromatic heterocycles. The number of carboxylic acids is 1. The highest BCUT2D eigenvalue weighted by Crippen LogP contribution is 2.23. The van der Waals surface area contributed by atoms with Crippen LogP contribution in [0.3, 0.4) is 0 Å². The Morgan fingerprint density at radius 2 is 1.00 bits per heavy atom. The number of hydrogen-bond donors (Lipinski definition) is 3. The lowest BCUT2D eigenvalue weighted by Gasteiger charge is -2.19. The first-order chi connectivity index (χ1) is 17.0. The molecule has 2 aromatic carbocycles. The molecule has 0 spiro atoms. The molecule has 8 nitrogen and oxygen atoms in total. The summed E-state index contributed by atoms with van der Waals surface area (Å²) < 4.78 is 4.56. The molecular weight excluding hydrogens is 472 g/mol. The predicted octanol–water partition coefficient (Wildman–Crippen LogP) is 4.46. The maximum atomic E-state index is 11.9. The van der Waals surface area contributed by atoms with Crippen molar-refractivity contribution in [2.45, 2.75) is 78.3 Å². The van der Waals surface area contributed by atoms with Gasteiger partial charge in [0, 0.05) is 11.1 Å². The normalized spacial score (nSPS) is 12.8. The average molecular weight is 513 g/mol. The smallest absolute Gasteiger partial charge is 0.328 e. The summed E-state index contributed by atoms with van der Waals surface area (Å²) in [5.41, 5.74) is 3.37. The van der Waals surface area contributed by atoms with Crippen LogP contribution in [0, 0.1) is 0 Å². The van der Waals surface area contributed by atoms with Gasteiger partial charge in [0.2, 0.25) is 0 Å². The van der Waals surface area contributed by atoms with Crippen molar-refractivity contribution in [3.63, 3.8) is 0 Å². The summed E-state index contributed by atoms with van der Waals surface area (Å²) >= 11 is 0. The van der Waals surface area contributed by atoms with Crippen molar-refractivity contribution in [1.29, 1.82) is 0 Å². The number of amides is 2. The Morgan fingerprint density at radius 3 is 1.27 bits per heavy atom. The molecule has 8 heteroatoms.